The zero-order chi connectivity index (χ0) is 17.4. The van der Waals surface area contributed by atoms with E-state index < -0.39 is 0 Å². The lowest BCUT2D eigenvalue weighted by Gasteiger charge is -2.22. The van der Waals surface area contributed by atoms with Crippen LogP contribution in [-0.2, 0) is 14.3 Å². The van der Waals surface area contributed by atoms with Crippen LogP contribution in [0.25, 0.3) is 0 Å². The summed E-state index contributed by atoms with van der Waals surface area (Å²) in [7, 11) is 0. The fourth-order valence-corrected chi connectivity index (χ4v) is 3.62. The third kappa shape index (κ3) is 3.16. The van der Waals surface area contributed by atoms with Crippen LogP contribution in [0.2, 0.25) is 0 Å². The predicted octanol–water partition coefficient (Wildman–Crippen LogP) is 1.45. The van der Waals surface area contributed by atoms with Crippen molar-refractivity contribution in [1.82, 2.24) is 5.32 Å². The van der Waals surface area contributed by atoms with Crippen molar-refractivity contribution in [2.45, 2.75) is 38.3 Å². The minimum absolute atomic E-state index is 0.0373. The van der Waals surface area contributed by atoms with Gasteiger partial charge in [-0.1, -0.05) is 0 Å². The van der Waals surface area contributed by atoms with E-state index in [4.69, 9.17) is 14.2 Å². The summed E-state index contributed by atoms with van der Waals surface area (Å²) in [6, 6.07) is 5.36. The van der Waals surface area contributed by atoms with E-state index >= 15 is 0 Å². The Kier molecular flexibility index (Phi) is 4.25. The monoisotopic (exact) mass is 346 g/mol. The number of nitrogens with zero attached hydrogens (tertiary/aromatic N) is 1. The van der Waals surface area contributed by atoms with Crippen LogP contribution in [0, 0.1) is 5.92 Å². The molecule has 25 heavy (non-hydrogen) atoms. The van der Waals surface area contributed by atoms with Gasteiger partial charge in [0, 0.05) is 31.3 Å². The van der Waals surface area contributed by atoms with Gasteiger partial charge in [0.15, 0.2) is 11.5 Å². The molecule has 3 unspecified atom stereocenters. The van der Waals surface area contributed by atoms with Gasteiger partial charge in [-0.05, 0) is 31.9 Å². The van der Waals surface area contributed by atoms with Crippen LogP contribution in [-0.4, -0.2) is 43.9 Å². The summed E-state index contributed by atoms with van der Waals surface area (Å²) >= 11 is 0. The maximum absolute atomic E-state index is 12.5. The van der Waals surface area contributed by atoms with Crippen LogP contribution in [0.5, 0.6) is 11.5 Å². The number of carbonyl (C=O) groups is 2. The number of hydrogen-bond donors (Lipinski definition) is 1. The van der Waals surface area contributed by atoms with Gasteiger partial charge in [0.25, 0.3) is 0 Å². The number of benzene rings is 1. The highest BCUT2D eigenvalue weighted by Gasteiger charge is 2.37. The van der Waals surface area contributed by atoms with Crippen molar-refractivity contribution in [3.8, 4) is 11.5 Å². The number of carbonyl (C=O) groups excluding carboxylic acids is 2. The lowest BCUT2D eigenvalue weighted by Crippen LogP contribution is -2.44. The molecule has 1 N–H and O–H groups in total. The van der Waals surface area contributed by atoms with E-state index in [9.17, 15) is 9.59 Å². The number of ether oxygens (including phenoxy) is 3. The van der Waals surface area contributed by atoms with Crippen LogP contribution >= 0.6 is 0 Å². The molecule has 2 saturated heterocycles. The maximum atomic E-state index is 12.5. The molecule has 1 aromatic rings. The van der Waals surface area contributed by atoms with Crippen molar-refractivity contribution < 1.29 is 23.8 Å². The van der Waals surface area contributed by atoms with E-state index in [0.717, 1.165) is 25.1 Å². The Labute approximate surface area is 146 Å². The van der Waals surface area contributed by atoms with Crippen molar-refractivity contribution >= 4 is 17.5 Å². The number of nitrogens with one attached hydrogen (secondary N) is 1. The summed E-state index contributed by atoms with van der Waals surface area (Å²) in [5, 5.41) is 3.01. The number of fused-ring (bicyclic) bond motifs is 1. The van der Waals surface area contributed by atoms with E-state index in [-0.39, 0.29) is 43.1 Å². The van der Waals surface area contributed by atoms with Gasteiger partial charge in [-0.3, -0.25) is 9.59 Å². The van der Waals surface area contributed by atoms with E-state index in [1.54, 1.807) is 17.0 Å². The van der Waals surface area contributed by atoms with Gasteiger partial charge in [0.2, 0.25) is 18.6 Å². The van der Waals surface area contributed by atoms with Crippen LogP contribution in [0.1, 0.15) is 26.2 Å². The quantitative estimate of drug-likeness (QED) is 0.893. The normalized spacial score (nSPS) is 26.1. The molecule has 0 bridgehead atoms. The highest BCUT2D eigenvalue weighted by Crippen LogP contribution is 2.37. The average molecular weight is 346 g/mol. The first-order valence-electron chi connectivity index (χ1n) is 8.74. The smallest absolute Gasteiger partial charge is 0.231 e. The minimum atomic E-state index is -0.346. The molecular formula is C18H22N2O5. The topological polar surface area (TPSA) is 77.1 Å². The van der Waals surface area contributed by atoms with Gasteiger partial charge in [-0.15, -0.1) is 0 Å². The zero-order valence-corrected chi connectivity index (χ0v) is 14.2. The summed E-state index contributed by atoms with van der Waals surface area (Å²) in [6.07, 6.45) is 2.29. The minimum Gasteiger partial charge on any atom is -0.454 e. The van der Waals surface area contributed by atoms with Gasteiger partial charge in [-0.25, -0.2) is 0 Å². The molecule has 3 aliphatic rings. The van der Waals surface area contributed by atoms with Crippen molar-refractivity contribution in [2.75, 3.05) is 24.8 Å². The second-order valence-corrected chi connectivity index (χ2v) is 6.79. The van der Waals surface area contributed by atoms with Gasteiger partial charge in [0.1, 0.15) is 0 Å². The molecule has 2 amide bonds. The SMILES string of the molecule is CC(NC(=O)C1CC(=O)N(c2ccc3c(c2)OCO3)C1)C1CCCO1. The number of anilines is 1. The van der Waals surface area contributed by atoms with Crippen molar-refractivity contribution in [2.24, 2.45) is 5.92 Å². The van der Waals surface area contributed by atoms with Gasteiger partial charge in [0.05, 0.1) is 18.1 Å². The van der Waals surface area contributed by atoms with Gasteiger partial charge >= 0.3 is 0 Å². The molecule has 0 saturated carbocycles. The molecular weight excluding hydrogens is 324 g/mol. The first kappa shape index (κ1) is 16.2. The van der Waals surface area contributed by atoms with E-state index in [2.05, 4.69) is 5.32 Å². The fourth-order valence-electron chi connectivity index (χ4n) is 3.62. The molecule has 0 aromatic heterocycles. The molecule has 3 aliphatic heterocycles. The Morgan fingerprint density at radius 2 is 2.16 bits per heavy atom. The molecule has 0 spiro atoms. The van der Waals surface area contributed by atoms with Crippen molar-refractivity contribution in [3.05, 3.63) is 18.2 Å². The summed E-state index contributed by atoms with van der Waals surface area (Å²) < 4.78 is 16.3. The Bertz CT molecular complexity index is 686. The van der Waals surface area contributed by atoms with E-state index in [1.807, 2.05) is 13.0 Å². The molecule has 2 fully saturated rings. The largest absolute Gasteiger partial charge is 0.454 e. The van der Waals surface area contributed by atoms with E-state index in [1.165, 1.54) is 0 Å². The second-order valence-electron chi connectivity index (χ2n) is 6.79. The molecule has 3 heterocycles. The van der Waals surface area contributed by atoms with Crippen LogP contribution in [0.3, 0.4) is 0 Å². The highest BCUT2D eigenvalue weighted by molar-refractivity contribution is 6.00. The Morgan fingerprint density at radius 1 is 1.32 bits per heavy atom. The van der Waals surface area contributed by atoms with Gasteiger partial charge in [-0.2, -0.15) is 0 Å². The lowest BCUT2D eigenvalue weighted by atomic mass is 10.1. The highest BCUT2D eigenvalue weighted by atomic mass is 16.7. The van der Waals surface area contributed by atoms with Gasteiger partial charge < -0.3 is 24.4 Å². The molecule has 4 rings (SSSR count). The molecule has 7 nitrogen and oxygen atoms in total. The van der Waals surface area contributed by atoms with Crippen LogP contribution in [0.15, 0.2) is 18.2 Å². The van der Waals surface area contributed by atoms with E-state index in [0.29, 0.717) is 18.0 Å². The summed E-state index contributed by atoms with van der Waals surface area (Å²) in [6.45, 7) is 3.28. The lowest BCUT2D eigenvalue weighted by molar-refractivity contribution is -0.127. The molecule has 0 radical (unpaired) electrons. The summed E-state index contributed by atoms with van der Waals surface area (Å²) in [5.74, 6) is 0.824. The van der Waals surface area contributed by atoms with Crippen molar-refractivity contribution in [1.29, 1.82) is 0 Å². The standard InChI is InChI=1S/C18H22N2O5/c1-11(14-3-2-6-23-14)19-18(22)12-7-17(21)20(9-12)13-4-5-15-16(8-13)25-10-24-15/h4-5,8,11-12,14H,2-3,6-7,9-10H2,1H3,(H,19,22). The Morgan fingerprint density at radius 3 is 2.96 bits per heavy atom. The summed E-state index contributed by atoms with van der Waals surface area (Å²) in [4.78, 5) is 26.6. The molecule has 3 atom stereocenters. The Hall–Kier alpha value is -2.28. The summed E-state index contributed by atoms with van der Waals surface area (Å²) in [5.41, 5.74) is 0.733. The third-order valence-corrected chi connectivity index (χ3v) is 5.06. The fraction of sp³-hybridized carbons (Fsp3) is 0.556. The molecule has 7 heteroatoms. The number of amides is 2. The molecule has 1 aromatic carbocycles. The second kappa shape index (κ2) is 6.55. The number of rotatable bonds is 4. The Balaban J connectivity index is 1.40. The number of hydrogen-bond acceptors (Lipinski definition) is 5. The third-order valence-electron chi connectivity index (χ3n) is 5.06. The van der Waals surface area contributed by atoms with Crippen LogP contribution < -0.4 is 19.7 Å². The molecule has 134 valence electrons. The predicted molar refractivity (Wildman–Crippen MR) is 89.6 cm³/mol. The molecule has 0 aliphatic carbocycles. The average Bonchev–Trinajstić information content (AvgIpc) is 3.34. The van der Waals surface area contributed by atoms with Crippen LogP contribution in [0.4, 0.5) is 5.69 Å². The first-order chi connectivity index (χ1) is 12.1. The van der Waals surface area contributed by atoms with Crippen molar-refractivity contribution in [3.63, 3.8) is 0 Å². The maximum Gasteiger partial charge on any atom is 0.231 e. The zero-order valence-electron chi connectivity index (χ0n) is 14.2. The first-order valence-corrected chi connectivity index (χ1v) is 8.74.